The van der Waals surface area contributed by atoms with E-state index >= 15 is 0 Å². The van der Waals surface area contributed by atoms with Crippen molar-refractivity contribution in [1.29, 1.82) is 0 Å². The van der Waals surface area contributed by atoms with Crippen molar-refractivity contribution in [2.75, 3.05) is 0 Å². The number of pyridine rings is 2. The lowest BCUT2D eigenvalue weighted by molar-refractivity contribution is -0.172. The van der Waals surface area contributed by atoms with Crippen LogP contribution in [0.5, 0.6) is 0 Å². The van der Waals surface area contributed by atoms with Crippen molar-refractivity contribution in [2.24, 2.45) is 5.73 Å². The number of esters is 1. The maximum absolute atomic E-state index is 14.3. The molecular formula is C23H20F3N3O4. The molecule has 0 bridgehead atoms. The molecule has 0 aliphatic carbocycles. The molecule has 0 saturated carbocycles. The summed E-state index contributed by atoms with van der Waals surface area (Å²) >= 11 is 0. The van der Waals surface area contributed by atoms with Crippen LogP contribution in [0.25, 0.3) is 22.3 Å². The fourth-order valence-corrected chi connectivity index (χ4v) is 4.84. The normalized spacial score (nSPS) is 19.9. The van der Waals surface area contributed by atoms with Crippen LogP contribution in [0.4, 0.5) is 13.2 Å². The van der Waals surface area contributed by atoms with Crippen LogP contribution in [0, 0.1) is 5.82 Å². The minimum atomic E-state index is -3.01. The Morgan fingerprint density at radius 3 is 2.64 bits per heavy atom. The number of ether oxygens (including phenoxy) is 1. The summed E-state index contributed by atoms with van der Waals surface area (Å²) in [6.45, 7) is 3.05. The van der Waals surface area contributed by atoms with Gasteiger partial charge in [-0.25, -0.2) is 22.9 Å². The molecule has 172 valence electrons. The van der Waals surface area contributed by atoms with Gasteiger partial charge in [-0.3, -0.25) is 4.79 Å². The van der Waals surface area contributed by atoms with E-state index < -0.39 is 41.0 Å². The molecule has 2 aliphatic heterocycles. The first-order valence-corrected chi connectivity index (χ1v) is 10.4. The Hall–Kier alpha value is -3.24. The van der Waals surface area contributed by atoms with Gasteiger partial charge in [0.1, 0.15) is 12.4 Å². The zero-order valence-electron chi connectivity index (χ0n) is 17.8. The molecule has 7 nitrogen and oxygen atoms in total. The molecule has 4 heterocycles. The number of benzene rings is 1. The van der Waals surface area contributed by atoms with Crippen molar-refractivity contribution < 1.29 is 27.8 Å². The standard InChI is InChI=1S/C23H20F3N3O4/c1-3-23(32)14-5-17-19-12(7-29(17)21(30)13(14)8-33-22(23)31)18(9(2)27)11-4-10(20(25)26)15(24)6-16(11)28-19/h4-6,9,20,32H,3,7-8,27H2,1-2H3/t9-,23+/m1/s1. The number of nitrogens with two attached hydrogens (primary N) is 1. The highest BCUT2D eigenvalue weighted by Crippen LogP contribution is 2.42. The number of carbonyl (C=O) groups excluding carboxylic acids is 1. The second-order valence-corrected chi connectivity index (χ2v) is 8.44. The molecule has 3 N–H and O–H groups in total. The van der Waals surface area contributed by atoms with E-state index in [0.29, 0.717) is 22.5 Å². The monoisotopic (exact) mass is 459 g/mol. The molecule has 2 atom stereocenters. The summed E-state index contributed by atoms with van der Waals surface area (Å²) in [5, 5.41) is 11.2. The third kappa shape index (κ3) is 2.87. The summed E-state index contributed by atoms with van der Waals surface area (Å²) in [5.74, 6) is -1.94. The summed E-state index contributed by atoms with van der Waals surface area (Å²) in [6, 6.07) is 2.89. The topological polar surface area (TPSA) is 107 Å². The van der Waals surface area contributed by atoms with Crippen LogP contribution in [-0.4, -0.2) is 20.6 Å². The highest BCUT2D eigenvalue weighted by atomic mass is 19.3. The Bertz CT molecular complexity index is 1420. The molecular weight excluding hydrogens is 439 g/mol. The number of hydrogen-bond donors (Lipinski definition) is 2. The highest BCUT2D eigenvalue weighted by Gasteiger charge is 2.45. The summed E-state index contributed by atoms with van der Waals surface area (Å²) in [7, 11) is 0. The van der Waals surface area contributed by atoms with E-state index in [-0.39, 0.29) is 41.6 Å². The van der Waals surface area contributed by atoms with E-state index in [4.69, 9.17) is 10.5 Å². The molecule has 0 fully saturated rings. The van der Waals surface area contributed by atoms with Crippen molar-refractivity contribution in [3.05, 3.63) is 62.2 Å². The van der Waals surface area contributed by atoms with Crippen molar-refractivity contribution in [3.63, 3.8) is 0 Å². The Kier molecular flexibility index (Phi) is 4.67. The molecule has 0 spiro atoms. The molecule has 1 aromatic carbocycles. The summed E-state index contributed by atoms with van der Waals surface area (Å²) in [6.07, 6.45) is -3.02. The molecule has 0 radical (unpaired) electrons. The van der Waals surface area contributed by atoms with Gasteiger partial charge in [0.15, 0.2) is 5.60 Å². The van der Waals surface area contributed by atoms with E-state index in [0.717, 1.165) is 12.1 Å². The predicted octanol–water partition coefficient (Wildman–Crippen LogP) is 3.18. The van der Waals surface area contributed by atoms with E-state index in [9.17, 15) is 27.9 Å². The number of alkyl halides is 2. The maximum atomic E-state index is 14.3. The molecule has 0 saturated heterocycles. The van der Waals surface area contributed by atoms with Crippen LogP contribution in [0.1, 0.15) is 60.6 Å². The van der Waals surface area contributed by atoms with Crippen LogP contribution in [0.3, 0.4) is 0 Å². The molecule has 33 heavy (non-hydrogen) atoms. The van der Waals surface area contributed by atoms with Crippen molar-refractivity contribution in [1.82, 2.24) is 9.55 Å². The highest BCUT2D eigenvalue weighted by molar-refractivity contribution is 5.90. The lowest BCUT2D eigenvalue weighted by atomic mass is 9.86. The van der Waals surface area contributed by atoms with Crippen LogP contribution in [0.2, 0.25) is 0 Å². The summed E-state index contributed by atoms with van der Waals surface area (Å²) in [4.78, 5) is 30.1. The maximum Gasteiger partial charge on any atom is 0.343 e. The number of fused-ring (bicyclic) bond motifs is 5. The smallest absolute Gasteiger partial charge is 0.343 e. The number of aromatic nitrogens is 2. The minimum Gasteiger partial charge on any atom is -0.458 e. The number of hydrogen-bond acceptors (Lipinski definition) is 6. The van der Waals surface area contributed by atoms with Gasteiger partial charge >= 0.3 is 5.97 Å². The Morgan fingerprint density at radius 1 is 1.27 bits per heavy atom. The molecule has 0 unspecified atom stereocenters. The molecule has 2 aliphatic rings. The second-order valence-electron chi connectivity index (χ2n) is 8.44. The SMILES string of the molecule is CC[C@@]1(O)C(=O)OCc2c1cc1n(c2=O)Cc2c-1nc1cc(F)c(C(F)F)cc1c2[C@@H](C)N. The van der Waals surface area contributed by atoms with Gasteiger partial charge in [0.25, 0.3) is 12.0 Å². The van der Waals surface area contributed by atoms with Gasteiger partial charge in [0, 0.05) is 28.6 Å². The van der Waals surface area contributed by atoms with Gasteiger partial charge in [-0.2, -0.15) is 0 Å². The first-order valence-electron chi connectivity index (χ1n) is 10.4. The lowest BCUT2D eigenvalue weighted by Crippen LogP contribution is -2.44. The first kappa shape index (κ1) is 21.6. The Balaban J connectivity index is 1.84. The third-order valence-corrected chi connectivity index (χ3v) is 6.54. The van der Waals surface area contributed by atoms with Crippen molar-refractivity contribution in [2.45, 2.75) is 51.5 Å². The van der Waals surface area contributed by atoms with Crippen LogP contribution < -0.4 is 11.3 Å². The minimum absolute atomic E-state index is 0.00751. The van der Waals surface area contributed by atoms with Gasteiger partial charge in [-0.05, 0) is 31.0 Å². The van der Waals surface area contributed by atoms with E-state index in [1.165, 1.54) is 10.6 Å². The average molecular weight is 459 g/mol. The molecule has 3 aromatic rings. The van der Waals surface area contributed by atoms with E-state index in [1.807, 2.05) is 0 Å². The third-order valence-electron chi connectivity index (χ3n) is 6.54. The van der Waals surface area contributed by atoms with Gasteiger partial charge in [0.05, 0.1) is 34.6 Å². The van der Waals surface area contributed by atoms with Gasteiger partial charge in [-0.15, -0.1) is 0 Å². The van der Waals surface area contributed by atoms with Crippen LogP contribution in [-0.2, 0) is 28.3 Å². The largest absolute Gasteiger partial charge is 0.458 e. The number of rotatable bonds is 3. The van der Waals surface area contributed by atoms with Gasteiger partial charge in [0.2, 0.25) is 0 Å². The lowest BCUT2D eigenvalue weighted by Gasteiger charge is -2.31. The van der Waals surface area contributed by atoms with Gasteiger partial charge in [-0.1, -0.05) is 6.92 Å². The summed E-state index contributed by atoms with van der Waals surface area (Å²) in [5.41, 5.74) is 5.12. The Morgan fingerprint density at radius 2 is 2.00 bits per heavy atom. The Labute approximate surface area is 185 Å². The number of cyclic esters (lactones) is 1. The zero-order chi connectivity index (χ0) is 23.8. The molecule has 0 amide bonds. The number of nitrogens with zero attached hydrogens (tertiary/aromatic N) is 2. The number of aliphatic hydroxyl groups is 1. The quantitative estimate of drug-likeness (QED) is 0.456. The van der Waals surface area contributed by atoms with Crippen molar-refractivity contribution in [3.8, 4) is 11.4 Å². The van der Waals surface area contributed by atoms with Gasteiger partial charge < -0.3 is 20.1 Å². The molecule has 5 rings (SSSR count). The predicted molar refractivity (Wildman–Crippen MR) is 112 cm³/mol. The first-order chi connectivity index (χ1) is 15.6. The average Bonchev–Trinajstić information content (AvgIpc) is 3.12. The van der Waals surface area contributed by atoms with E-state index in [1.54, 1.807) is 13.8 Å². The molecule has 2 aromatic heterocycles. The fourth-order valence-electron chi connectivity index (χ4n) is 4.84. The van der Waals surface area contributed by atoms with Crippen LogP contribution in [0.15, 0.2) is 23.0 Å². The zero-order valence-corrected chi connectivity index (χ0v) is 17.8. The van der Waals surface area contributed by atoms with Crippen LogP contribution >= 0.6 is 0 Å². The number of halogens is 3. The molecule has 10 heteroatoms. The van der Waals surface area contributed by atoms with E-state index in [2.05, 4.69) is 4.98 Å². The van der Waals surface area contributed by atoms with Crippen molar-refractivity contribution >= 4 is 16.9 Å². The summed E-state index contributed by atoms with van der Waals surface area (Å²) < 4.78 is 47.5. The number of carbonyl (C=O) groups is 1. The fraction of sp³-hybridized carbons (Fsp3) is 0.348. The second kappa shape index (κ2) is 7.13.